The highest BCUT2D eigenvalue weighted by Gasteiger charge is 2.08. The van der Waals surface area contributed by atoms with Gasteiger partial charge in [-0.05, 0) is 11.8 Å². The molecule has 1 aliphatic heterocycles. The van der Waals surface area contributed by atoms with Gasteiger partial charge in [-0.2, -0.15) is 0 Å². The minimum Gasteiger partial charge on any atom is -0.377 e. The average Bonchev–Trinajstić information content (AvgIpc) is 1.69. The molecule has 0 aromatic heterocycles. The van der Waals surface area contributed by atoms with Crippen LogP contribution in [0.4, 0.5) is 0 Å². The van der Waals surface area contributed by atoms with Crippen LogP contribution in [-0.4, -0.2) is 26.9 Å². The van der Waals surface area contributed by atoms with Gasteiger partial charge in [-0.3, -0.25) is 4.24 Å². The van der Waals surface area contributed by atoms with Crippen molar-refractivity contribution in [3.8, 4) is 0 Å². The van der Waals surface area contributed by atoms with E-state index in [4.69, 9.17) is 11.8 Å². The van der Waals surface area contributed by atoms with Gasteiger partial charge < -0.3 is 10.3 Å². The molecule has 1 fully saturated rings. The molecule has 1 aliphatic rings. The molecule has 0 radical (unpaired) electrons. The molecule has 0 aromatic rings. The number of hydrogen-bond acceptors (Lipinski definition) is 3. The zero-order chi connectivity index (χ0) is 5.11. The standard InChI is InChI=1S/B3ClH5N3/c4-7-2-5-1-6-3-7/h1-3,5-6H. The van der Waals surface area contributed by atoms with Crippen LogP contribution >= 0.6 is 11.8 Å². The molecule has 0 unspecified atom stereocenters. The minimum atomic E-state index is 0.772. The third-order valence-electron chi connectivity index (χ3n) is 0.817. The van der Waals surface area contributed by atoms with Crippen LogP contribution in [0.1, 0.15) is 0 Å². The highest BCUT2D eigenvalue weighted by atomic mass is 35.5. The lowest BCUT2D eigenvalue weighted by Gasteiger charge is -2.16. The Morgan fingerprint density at radius 2 is 1.86 bits per heavy atom. The summed E-state index contributed by atoms with van der Waals surface area (Å²) in [6.07, 6.45) is 0. The lowest BCUT2D eigenvalue weighted by molar-refractivity contribution is 1.03. The Bertz CT molecular complexity index is 52.1. The van der Waals surface area contributed by atoms with Crippen molar-refractivity contribution in [1.82, 2.24) is 14.5 Å². The van der Waals surface area contributed by atoms with Crippen LogP contribution in [0, 0.1) is 0 Å². The molecule has 2 N–H and O–H groups in total. The van der Waals surface area contributed by atoms with Gasteiger partial charge in [0.15, 0.2) is 0 Å². The lowest BCUT2D eigenvalue weighted by atomic mass is 9.85. The second-order valence-electron chi connectivity index (χ2n) is 1.46. The molecule has 0 bridgehead atoms. The molecule has 3 nitrogen and oxygen atoms in total. The largest absolute Gasteiger partial charge is 0.377 e. The van der Waals surface area contributed by atoms with Crippen LogP contribution in [0.2, 0.25) is 0 Å². The van der Waals surface area contributed by atoms with E-state index in [0.717, 1.165) is 22.6 Å². The highest BCUT2D eigenvalue weighted by molar-refractivity contribution is 6.71. The van der Waals surface area contributed by atoms with E-state index in [1.54, 1.807) is 4.24 Å². The Morgan fingerprint density at radius 3 is 2.14 bits per heavy atom. The number of nitrogens with zero attached hydrogens (tertiary/aromatic N) is 1. The molecule has 0 aliphatic carbocycles. The van der Waals surface area contributed by atoms with Gasteiger partial charge in [0.1, 0.15) is 0 Å². The summed E-state index contributed by atoms with van der Waals surface area (Å²) in [6, 6.07) is 0. The molecule has 0 aromatic carbocycles. The second kappa shape index (κ2) is 2.62. The molecule has 0 atom stereocenters. The number of halogens is 1. The molecule has 0 amide bonds. The van der Waals surface area contributed by atoms with Crippen molar-refractivity contribution in [3.63, 3.8) is 0 Å². The van der Waals surface area contributed by atoms with Crippen LogP contribution in [0.25, 0.3) is 0 Å². The predicted octanol–water partition coefficient (Wildman–Crippen LogP) is -2.57. The molecule has 7 heavy (non-hydrogen) atoms. The van der Waals surface area contributed by atoms with Gasteiger partial charge in [0, 0.05) is 0 Å². The Kier molecular flexibility index (Phi) is 2.06. The summed E-state index contributed by atoms with van der Waals surface area (Å²) in [5.74, 6) is 0. The highest BCUT2D eigenvalue weighted by Crippen LogP contribution is 1.83. The summed E-state index contributed by atoms with van der Waals surface area (Å²) >= 11 is 5.52. The van der Waals surface area contributed by atoms with Crippen LogP contribution < -0.4 is 10.3 Å². The molecule has 36 valence electrons. The van der Waals surface area contributed by atoms with Gasteiger partial charge >= 0.3 is 0 Å². The maximum Gasteiger partial charge on any atom is 0.282 e. The van der Waals surface area contributed by atoms with Crippen LogP contribution in [0.15, 0.2) is 0 Å². The van der Waals surface area contributed by atoms with Gasteiger partial charge in [0.2, 0.25) is 0 Å². The molecular formula is H5B3ClN3. The van der Waals surface area contributed by atoms with Gasteiger partial charge in [-0.15, -0.1) is 0 Å². The fourth-order valence-electron chi connectivity index (χ4n) is 0.499. The number of hydrogen-bond donors (Lipinski definition) is 2. The average molecular weight is 115 g/mol. The topological polar surface area (TPSA) is 27.3 Å². The summed E-state index contributed by atoms with van der Waals surface area (Å²) in [5, 5.41) is 6.03. The Balaban J connectivity index is 2.12. The fourth-order valence-corrected chi connectivity index (χ4v) is 0.668. The molecule has 1 saturated heterocycles. The van der Waals surface area contributed by atoms with Gasteiger partial charge in [0.05, 0.1) is 0 Å². The SMILES string of the molecule is ClN1BNBNB1. The van der Waals surface area contributed by atoms with E-state index in [2.05, 4.69) is 10.3 Å². The third kappa shape index (κ3) is 1.73. The summed E-state index contributed by atoms with van der Waals surface area (Å²) in [5.41, 5.74) is 0. The molecule has 0 saturated carbocycles. The van der Waals surface area contributed by atoms with Gasteiger partial charge in [-0.1, -0.05) is 0 Å². The lowest BCUT2D eigenvalue weighted by Crippen LogP contribution is -2.54. The van der Waals surface area contributed by atoms with E-state index in [0.29, 0.717) is 0 Å². The molecule has 1 rings (SSSR count). The quantitative estimate of drug-likeness (QED) is 0.268. The Labute approximate surface area is 49.7 Å². The molecular weight excluding hydrogens is 110 g/mol. The smallest absolute Gasteiger partial charge is 0.282 e. The Morgan fingerprint density at radius 1 is 1.29 bits per heavy atom. The predicted molar refractivity (Wildman–Crippen MR) is 35.4 cm³/mol. The normalized spacial score (nSPS) is 21.9. The van der Waals surface area contributed by atoms with E-state index in [1.165, 1.54) is 0 Å². The van der Waals surface area contributed by atoms with E-state index in [-0.39, 0.29) is 0 Å². The van der Waals surface area contributed by atoms with E-state index < -0.39 is 0 Å². The first-order chi connectivity index (χ1) is 3.39. The van der Waals surface area contributed by atoms with Crippen LogP contribution in [0.3, 0.4) is 0 Å². The summed E-state index contributed by atoms with van der Waals surface area (Å²) in [7, 11) is 2.41. The summed E-state index contributed by atoms with van der Waals surface area (Å²) in [4.78, 5) is 0. The number of rotatable bonds is 0. The maximum atomic E-state index is 5.52. The third-order valence-corrected chi connectivity index (χ3v) is 1.06. The maximum absolute atomic E-state index is 5.52. The molecule has 7 heteroatoms. The van der Waals surface area contributed by atoms with Crippen molar-refractivity contribution in [3.05, 3.63) is 0 Å². The van der Waals surface area contributed by atoms with Crippen molar-refractivity contribution in [2.24, 2.45) is 0 Å². The summed E-state index contributed by atoms with van der Waals surface area (Å²) < 4.78 is 1.64. The minimum absolute atomic E-state index is 0.772. The van der Waals surface area contributed by atoms with Crippen LogP contribution in [0.5, 0.6) is 0 Å². The van der Waals surface area contributed by atoms with Gasteiger partial charge in [0.25, 0.3) is 22.6 Å². The van der Waals surface area contributed by atoms with E-state index >= 15 is 0 Å². The van der Waals surface area contributed by atoms with Crippen molar-refractivity contribution in [1.29, 1.82) is 0 Å². The summed E-state index contributed by atoms with van der Waals surface area (Å²) in [6.45, 7) is 0. The van der Waals surface area contributed by atoms with Crippen molar-refractivity contribution in [2.75, 3.05) is 0 Å². The zero-order valence-electron chi connectivity index (χ0n) is 3.95. The first kappa shape index (κ1) is 5.50. The monoisotopic (exact) mass is 115 g/mol. The number of nitrogens with one attached hydrogen (secondary N) is 2. The fraction of sp³-hybridized carbons (Fsp3) is 0. The first-order valence-corrected chi connectivity index (χ1v) is 2.55. The van der Waals surface area contributed by atoms with Crippen molar-refractivity contribution >= 4 is 34.4 Å². The van der Waals surface area contributed by atoms with Gasteiger partial charge in [-0.25, -0.2) is 0 Å². The van der Waals surface area contributed by atoms with E-state index in [1.807, 2.05) is 0 Å². The van der Waals surface area contributed by atoms with Crippen LogP contribution in [-0.2, 0) is 0 Å². The van der Waals surface area contributed by atoms with E-state index in [9.17, 15) is 0 Å². The zero-order valence-corrected chi connectivity index (χ0v) is 4.70. The van der Waals surface area contributed by atoms with Crippen molar-refractivity contribution < 1.29 is 0 Å². The molecule has 0 spiro atoms. The molecule has 1 heterocycles. The first-order valence-electron chi connectivity index (χ1n) is 2.22. The second-order valence-corrected chi connectivity index (χ2v) is 1.93. The van der Waals surface area contributed by atoms with Crippen molar-refractivity contribution in [2.45, 2.75) is 0 Å². The Hall–Kier alpha value is 0.365.